The van der Waals surface area contributed by atoms with Crippen molar-refractivity contribution in [1.29, 1.82) is 0 Å². The average Bonchev–Trinajstić information content (AvgIpc) is 3.65. The molecule has 0 fully saturated rings. The van der Waals surface area contributed by atoms with Crippen LogP contribution in [-0.2, 0) is 40.4 Å². The summed E-state index contributed by atoms with van der Waals surface area (Å²) in [6.45, 7) is 6.06. The fourth-order valence-electron chi connectivity index (χ4n) is 4.30. The molecule has 1 aliphatic rings. The zero-order valence-electron chi connectivity index (χ0n) is 22.7. The molecule has 2 aromatic heterocycles. The SMILES string of the molecule is COc1cc2c(cc1S(=O)(=O)Nc1noc3cc(Oc4ncc(CNS(=O)C(C)(C)C)s4)cc(OC)c13)CCC2. The summed E-state index contributed by atoms with van der Waals surface area (Å²) in [4.78, 5) is 5.16. The molecular weight excluding hydrogens is 577 g/mol. The summed E-state index contributed by atoms with van der Waals surface area (Å²) in [5.41, 5.74) is 2.35. The molecule has 40 heavy (non-hydrogen) atoms. The summed E-state index contributed by atoms with van der Waals surface area (Å²) < 4.78 is 66.5. The standard InChI is InChI=1S/C26H30N4O7S3/c1-26(2,3)39(31)28-14-18-13-27-25(38-18)36-17-11-20(35-5)23-21(12-17)37-29-24(23)30-40(32,33)22-10-16-8-6-7-15(16)9-19(22)34-4/h9-13,28H,6-8,14H2,1-5H3,(H,29,30). The van der Waals surface area contributed by atoms with Crippen molar-refractivity contribution >= 4 is 49.1 Å². The molecule has 14 heteroatoms. The van der Waals surface area contributed by atoms with Crippen LogP contribution in [0, 0.1) is 0 Å². The molecule has 0 radical (unpaired) electrons. The maximum absolute atomic E-state index is 13.4. The van der Waals surface area contributed by atoms with Gasteiger partial charge in [0.05, 0.1) is 30.0 Å². The highest BCUT2D eigenvalue weighted by Crippen LogP contribution is 2.40. The summed E-state index contributed by atoms with van der Waals surface area (Å²) in [6, 6.07) is 6.62. The van der Waals surface area contributed by atoms with Crippen molar-refractivity contribution in [2.75, 3.05) is 18.9 Å². The minimum absolute atomic E-state index is 0.0181. The molecule has 2 heterocycles. The summed E-state index contributed by atoms with van der Waals surface area (Å²) in [5, 5.41) is 4.67. The fourth-order valence-corrected chi connectivity index (χ4v) is 7.04. The van der Waals surface area contributed by atoms with Crippen LogP contribution in [0.15, 0.2) is 39.9 Å². The number of aromatic nitrogens is 2. The summed E-state index contributed by atoms with van der Waals surface area (Å²) >= 11 is 1.30. The molecule has 0 saturated carbocycles. The molecule has 2 aromatic carbocycles. The van der Waals surface area contributed by atoms with Gasteiger partial charge in [-0.1, -0.05) is 16.5 Å². The van der Waals surface area contributed by atoms with E-state index in [4.69, 9.17) is 18.7 Å². The molecule has 5 rings (SSSR count). The Kier molecular flexibility index (Phi) is 7.79. The topological polar surface area (TPSA) is 142 Å². The van der Waals surface area contributed by atoms with Gasteiger partial charge in [0.15, 0.2) is 11.4 Å². The van der Waals surface area contributed by atoms with Gasteiger partial charge in [-0.3, -0.25) is 4.72 Å². The first kappa shape index (κ1) is 28.3. The maximum atomic E-state index is 13.4. The summed E-state index contributed by atoms with van der Waals surface area (Å²) in [6.07, 6.45) is 4.34. The molecule has 1 atom stereocenters. The van der Waals surface area contributed by atoms with Gasteiger partial charge in [-0.05, 0) is 63.3 Å². The predicted octanol–water partition coefficient (Wildman–Crippen LogP) is 4.94. The van der Waals surface area contributed by atoms with Crippen LogP contribution in [0.2, 0.25) is 0 Å². The largest absolute Gasteiger partial charge is 0.496 e. The normalized spacial score (nSPS) is 14.2. The van der Waals surface area contributed by atoms with Crippen molar-refractivity contribution < 1.29 is 31.4 Å². The van der Waals surface area contributed by atoms with Crippen LogP contribution in [0.4, 0.5) is 5.82 Å². The highest BCUT2D eigenvalue weighted by atomic mass is 32.2. The van der Waals surface area contributed by atoms with Gasteiger partial charge in [-0.15, -0.1) is 0 Å². The highest BCUT2D eigenvalue weighted by molar-refractivity contribution is 7.92. The molecule has 0 aliphatic heterocycles. The number of rotatable bonds is 10. The van der Waals surface area contributed by atoms with Crippen LogP contribution < -0.4 is 23.7 Å². The molecule has 0 bridgehead atoms. The Morgan fingerprint density at radius 3 is 2.50 bits per heavy atom. The van der Waals surface area contributed by atoms with Crippen LogP contribution >= 0.6 is 11.3 Å². The lowest BCUT2D eigenvalue weighted by Crippen LogP contribution is -2.32. The lowest BCUT2D eigenvalue weighted by atomic mass is 10.1. The maximum Gasteiger partial charge on any atom is 0.278 e. The van der Waals surface area contributed by atoms with Crippen LogP contribution in [-0.4, -0.2) is 41.7 Å². The first-order chi connectivity index (χ1) is 19.0. The lowest BCUT2D eigenvalue weighted by Gasteiger charge is -2.17. The predicted molar refractivity (Wildman–Crippen MR) is 153 cm³/mol. The number of aryl methyl sites for hydroxylation is 2. The van der Waals surface area contributed by atoms with Crippen LogP contribution in [0.3, 0.4) is 0 Å². The Morgan fingerprint density at radius 1 is 1.07 bits per heavy atom. The Morgan fingerprint density at radius 2 is 1.80 bits per heavy atom. The third-order valence-corrected chi connectivity index (χ3v) is 10.1. The second kappa shape index (κ2) is 11.0. The lowest BCUT2D eigenvalue weighted by molar-refractivity contribution is 0.402. The quantitative estimate of drug-likeness (QED) is 0.257. The number of hydrogen-bond donors (Lipinski definition) is 2. The second-order valence-corrected chi connectivity index (χ2v) is 14.9. The van der Waals surface area contributed by atoms with E-state index in [9.17, 15) is 12.6 Å². The van der Waals surface area contributed by atoms with Crippen LogP contribution in [0.25, 0.3) is 11.0 Å². The van der Waals surface area contributed by atoms with Gasteiger partial charge < -0.3 is 18.7 Å². The minimum Gasteiger partial charge on any atom is -0.496 e. The Hall–Kier alpha value is -3.20. The average molecular weight is 607 g/mol. The van der Waals surface area contributed by atoms with Crippen molar-refractivity contribution in [3.05, 3.63) is 46.5 Å². The zero-order chi connectivity index (χ0) is 28.7. The van der Waals surface area contributed by atoms with Gasteiger partial charge in [0, 0.05) is 29.8 Å². The highest BCUT2D eigenvalue weighted by Gasteiger charge is 2.27. The van der Waals surface area contributed by atoms with E-state index in [0.29, 0.717) is 28.6 Å². The van der Waals surface area contributed by atoms with E-state index in [0.717, 1.165) is 35.3 Å². The molecule has 4 aromatic rings. The van der Waals surface area contributed by atoms with Crippen molar-refractivity contribution in [3.63, 3.8) is 0 Å². The van der Waals surface area contributed by atoms with Crippen molar-refractivity contribution in [1.82, 2.24) is 14.9 Å². The second-order valence-electron chi connectivity index (χ2n) is 10.2. The third kappa shape index (κ3) is 5.80. The number of thiazole rings is 1. The van der Waals surface area contributed by atoms with E-state index in [1.165, 1.54) is 25.6 Å². The molecule has 1 aliphatic carbocycles. The number of sulfonamides is 1. The number of anilines is 1. The Labute approximate surface area is 238 Å². The number of nitrogens with one attached hydrogen (secondary N) is 2. The third-order valence-electron chi connectivity index (χ3n) is 6.30. The summed E-state index contributed by atoms with van der Waals surface area (Å²) in [5.74, 6) is 0.912. The smallest absolute Gasteiger partial charge is 0.278 e. The van der Waals surface area contributed by atoms with Crippen molar-refractivity contribution in [2.24, 2.45) is 0 Å². The fraction of sp³-hybridized carbons (Fsp3) is 0.385. The van der Waals surface area contributed by atoms with E-state index in [-0.39, 0.29) is 26.8 Å². The number of benzene rings is 2. The van der Waals surface area contributed by atoms with Gasteiger partial charge >= 0.3 is 0 Å². The first-order valence-electron chi connectivity index (χ1n) is 12.5. The van der Waals surface area contributed by atoms with Crippen molar-refractivity contribution in [2.45, 2.75) is 56.2 Å². The van der Waals surface area contributed by atoms with E-state index >= 15 is 0 Å². The number of fused-ring (bicyclic) bond motifs is 2. The number of methoxy groups -OCH3 is 2. The van der Waals surface area contributed by atoms with Gasteiger partial charge in [0.1, 0.15) is 27.5 Å². The molecule has 0 saturated heterocycles. The van der Waals surface area contributed by atoms with Gasteiger partial charge in [0.25, 0.3) is 15.2 Å². The molecule has 11 nitrogen and oxygen atoms in total. The van der Waals surface area contributed by atoms with E-state index < -0.39 is 21.0 Å². The first-order valence-corrected chi connectivity index (χ1v) is 15.9. The van der Waals surface area contributed by atoms with Gasteiger partial charge in [0.2, 0.25) is 0 Å². The zero-order valence-corrected chi connectivity index (χ0v) is 25.1. The number of ether oxygens (including phenoxy) is 3. The summed E-state index contributed by atoms with van der Waals surface area (Å²) in [7, 11) is -2.37. The van der Waals surface area contributed by atoms with Crippen LogP contribution in [0.5, 0.6) is 22.4 Å². The van der Waals surface area contributed by atoms with E-state index in [2.05, 4.69) is 19.6 Å². The molecule has 2 N–H and O–H groups in total. The minimum atomic E-state index is -4.06. The Balaban J connectivity index is 1.37. The number of nitrogens with zero attached hydrogens (tertiary/aromatic N) is 2. The molecule has 0 spiro atoms. The van der Waals surface area contributed by atoms with Gasteiger partial charge in [-0.25, -0.2) is 22.3 Å². The van der Waals surface area contributed by atoms with Crippen molar-refractivity contribution in [3.8, 4) is 22.4 Å². The molecule has 1 unspecified atom stereocenters. The molecule has 0 amide bonds. The molecular formula is C26H30N4O7S3. The molecule has 214 valence electrons. The number of hydrogen-bond acceptors (Lipinski definition) is 10. The Bertz CT molecular complexity index is 1690. The monoisotopic (exact) mass is 606 g/mol. The van der Waals surface area contributed by atoms with E-state index in [1.807, 2.05) is 20.8 Å². The van der Waals surface area contributed by atoms with Gasteiger partial charge in [-0.2, -0.15) is 0 Å². The van der Waals surface area contributed by atoms with E-state index in [1.54, 1.807) is 30.5 Å². The van der Waals surface area contributed by atoms with Crippen LogP contribution in [0.1, 0.15) is 43.2 Å².